The molecule has 2 heteroatoms. The minimum Gasteiger partial charge on any atom is -0.383 e. The fourth-order valence-electron chi connectivity index (χ4n) is 2.48. The van der Waals surface area contributed by atoms with Gasteiger partial charge in [0.05, 0.1) is 6.61 Å². The molecule has 1 N–H and O–H groups in total. The molecule has 0 saturated carbocycles. The highest BCUT2D eigenvalue weighted by Gasteiger charge is 2.02. The molecule has 1 aromatic carbocycles. The second-order valence-electron chi connectivity index (χ2n) is 5.96. The van der Waals surface area contributed by atoms with Crippen LogP contribution < -0.4 is 5.32 Å². The molecule has 1 atom stereocenters. The zero-order chi connectivity index (χ0) is 15.3. The van der Waals surface area contributed by atoms with Crippen LogP contribution in [0.15, 0.2) is 24.3 Å². The van der Waals surface area contributed by atoms with E-state index < -0.39 is 0 Å². The molecule has 2 nitrogen and oxygen atoms in total. The minimum absolute atomic E-state index is 0.685. The van der Waals surface area contributed by atoms with Crippen molar-refractivity contribution in [1.29, 1.82) is 0 Å². The van der Waals surface area contributed by atoms with Gasteiger partial charge in [-0.1, -0.05) is 51.0 Å². The van der Waals surface area contributed by atoms with E-state index in [9.17, 15) is 0 Å². The average molecular weight is 291 g/mol. The van der Waals surface area contributed by atoms with E-state index >= 15 is 0 Å². The maximum atomic E-state index is 5.00. The largest absolute Gasteiger partial charge is 0.383 e. The number of unbranched alkanes of at least 4 members (excludes halogenated alkanes) is 3. The Kier molecular flexibility index (Phi) is 10.2. The van der Waals surface area contributed by atoms with Crippen LogP contribution in [0.4, 0.5) is 0 Å². The Morgan fingerprint density at radius 3 is 2.38 bits per heavy atom. The third-order valence-electron chi connectivity index (χ3n) is 4.21. The van der Waals surface area contributed by atoms with E-state index in [1.54, 1.807) is 7.11 Å². The lowest BCUT2D eigenvalue weighted by atomic mass is 9.96. The lowest BCUT2D eigenvalue weighted by Gasteiger charge is -2.09. The number of hydrogen-bond donors (Lipinski definition) is 1. The summed E-state index contributed by atoms with van der Waals surface area (Å²) in [6, 6.07) is 9.24. The lowest BCUT2D eigenvalue weighted by molar-refractivity contribution is 0.199. The molecular weight excluding hydrogens is 258 g/mol. The molecule has 0 amide bonds. The SMILES string of the molecule is CCC(C)c1ccc(CCCCCCNCCOC)cc1. The molecule has 21 heavy (non-hydrogen) atoms. The number of hydrogen-bond acceptors (Lipinski definition) is 2. The van der Waals surface area contributed by atoms with Crippen LogP contribution in [0.25, 0.3) is 0 Å². The normalized spacial score (nSPS) is 12.5. The van der Waals surface area contributed by atoms with Crippen LogP contribution in [-0.2, 0) is 11.2 Å². The van der Waals surface area contributed by atoms with E-state index in [2.05, 4.69) is 43.4 Å². The number of methoxy groups -OCH3 is 1. The molecule has 0 fully saturated rings. The predicted molar refractivity (Wildman–Crippen MR) is 92.1 cm³/mol. The highest BCUT2D eigenvalue weighted by Crippen LogP contribution is 2.19. The van der Waals surface area contributed by atoms with E-state index in [1.165, 1.54) is 49.7 Å². The van der Waals surface area contributed by atoms with Crippen LogP contribution in [0.1, 0.15) is 63.0 Å². The van der Waals surface area contributed by atoms with Crippen LogP contribution in [0.3, 0.4) is 0 Å². The highest BCUT2D eigenvalue weighted by molar-refractivity contribution is 5.25. The first kappa shape index (κ1) is 18.2. The third kappa shape index (κ3) is 8.23. The Morgan fingerprint density at radius 1 is 1.00 bits per heavy atom. The molecule has 0 saturated heterocycles. The van der Waals surface area contributed by atoms with Crippen molar-refractivity contribution in [2.45, 2.75) is 58.3 Å². The number of aryl methyl sites for hydroxylation is 1. The Bertz CT molecular complexity index is 347. The topological polar surface area (TPSA) is 21.3 Å². The molecule has 1 aromatic rings. The molecule has 120 valence electrons. The molecule has 1 unspecified atom stereocenters. The molecule has 0 heterocycles. The van der Waals surface area contributed by atoms with Gasteiger partial charge in [-0.05, 0) is 49.3 Å². The maximum absolute atomic E-state index is 5.00. The minimum atomic E-state index is 0.685. The Morgan fingerprint density at radius 2 is 1.71 bits per heavy atom. The number of benzene rings is 1. The van der Waals surface area contributed by atoms with E-state index in [0.29, 0.717) is 5.92 Å². The Balaban J connectivity index is 2.05. The molecule has 0 aliphatic rings. The van der Waals surface area contributed by atoms with Gasteiger partial charge in [-0.15, -0.1) is 0 Å². The first-order chi connectivity index (χ1) is 10.3. The van der Waals surface area contributed by atoms with Crippen molar-refractivity contribution >= 4 is 0 Å². The van der Waals surface area contributed by atoms with E-state index in [4.69, 9.17) is 4.74 Å². The molecule has 0 bridgehead atoms. The zero-order valence-corrected chi connectivity index (χ0v) is 14.2. The van der Waals surface area contributed by atoms with Gasteiger partial charge in [-0.25, -0.2) is 0 Å². The summed E-state index contributed by atoms with van der Waals surface area (Å²) < 4.78 is 5.00. The van der Waals surface area contributed by atoms with Gasteiger partial charge in [0.1, 0.15) is 0 Å². The van der Waals surface area contributed by atoms with Crippen molar-refractivity contribution in [2.75, 3.05) is 26.8 Å². The van der Waals surface area contributed by atoms with Gasteiger partial charge in [0.15, 0.2) is 0 Å². The van der Waals surface area contributed by atoms with Crippen molar-refractivity contribution in [3.8, 4) is 0 Å². The zero-order valence-electron chi connectivity index (χ0n) is 14.2. The third-order valence-corrected chi connectivity index (χ3v) is 4.21. The van der Waals surface area contributed by atoms with Crippen molar-refractivity contribution < 1.29 is 4.74 Å². The maximum Gasteiger partial charge on any atom is 0.0587 e. The summed E-state index contributed by atoms with van der Waals surface area (Å²) in [6.45, 7) is 7.46. The van der Waals surface area contributed by atoms with Gasteiger partial charge < -0.3 is 10.1 Å². The number of ether oxygens (including phenoxy) is 1. The van der Waals surface area contributed by atoms with Crippen molar-refractivity contribution in [1.82, 2.24) is 5.32 Å². The van der Waals surface area contributed by atoms with E-state index in [1.807, 2.05) is 0 Å². The fourth-order valence-corrected chi connectivity index (χ4v) is 2.48. The second kappa shape index (κ2) is 11.8. The smallest absolute Gasteiger partial charge is 0.0587 e. The monoisotopic (exact) mass is 291 g/mol. The van der Waals surface area contributed by atoms with Crippen LogP contribution in [0.5, 0.6) is 0 Å². The second-order valence-corrected chi connectivity index (χ2v) is 5.96. The van der Waals surface area contributed by atoms with E-state index in [0.717, 1.165) is 19.7 Å². The van der Waals surface area contributed by atoms with Gasteiger partial charge >= 0.3 is 0 Å². The van der Waals surface area contributed by atoms with Crippen LogP contribution in [0, 0.1) is 0 Å². The van der Waals surface area contributed by atoms with Crippen LogP contribution >= 0.6 is 0 Å². The summed E-state index contributed by atoms with van der Waals surface area (Å²) in [6.07, 6.45) is 7.68. The molecule has 0 aromatic heterocycles. The van der Waals surface area contributed by atoms with Gasteiger partial charge in [-0.2, -0.15) is 0 Å². The summed E-state index contributed by atoms with van der Waals surface area (Å²) in [5, 5.41) is 3.39. The van der Waals surface area contributed by atoms with E-state index in [-0.39, 0.29) is 0 Å². The quantitative estimate of drug-likeness (QED) is 0.571. The van der Waals surface area contributed by atoms with Gasteiger partial charge in [-0.3, -0.25) is 0 Å². The average Bonchev–Trinajstić information content (AvgIpc) is 2.53. The summed E-state index contributed by atoms with van der Waals surface area (Å²) in [5.41, 5.74) is 2.96. The molecule has 0 radical (unpaired) electrons. The molecule has 0 spiro atoms. The van der Waals surface area contributed by atoms with Crippen LogP contribution in [0.2, 0.25) is 0 Å². The van der Waals surface area contributed by atoms with Gasteiger partial charge in [0, 0.05) is 13.7 Å². The van der Waals surface area contributed by atoms with Gasteiger partial charge in [0.2, 0.25) is 0 Å². The Hall–Kier alpha value is -0.860. The molecular formula is C19H33NO. The highest BCUT2D eigenvalue weighted by atomic mass is 16.5. The molecule has 0 aliphatic heterocycles. The fraction of sp³-hybridized carbons (Fsp3) is 0.684. The van der Waals surface area contributed by atoms with Crippen molar-refractivity contribution in [3.05, 3.63) is 35.4 Å². The summed E-state index contributed by atoms with van der Waals surface area (Å²) in [5.74, 6) is 0.685. The first-order valence-corrected chi connectivity index (χ1v) is 8.56. The van der Waals surface area contributed by atoms with Crippen molar-refractivity contribution in [3.63, 3.8) is 0 Å². The first-order valence-electron chi connectivity index (χ1n) is 8.56. The van der Waals surface area contributed by atoms with Crippen LogP contribution in [-0.4, -0.2) is 26.8 Å². The summed E-state index contributed by atoms with van der Waals surface area (Å²) in [7, 11) is 1.75. The summed E-state index contributed by atoms with van der Waals surface area (Å²) >= 11 is 0. The van der Waals surface area contributed by atoms with Gasteiger partial charge in [0.25, 0.3) is 0 Å². The predicted octanol–water partition coefficient (Wildman–Crippen LogP) is 4.54. The molecule has 1 rings (SSSR count). The summed E-state index contributed by atoms with van der Waals surface area (Å²) in [4.78, 5) is 0. The lowest BCUT2D eigenvalue weighted by Crippen LogP contribution is -2.20. The molecule has 0 aliphatic carbocycles. The Labute approximate surface area is 131 Å². The number of rotatable bonds is 12. The standard InChI is InChI=1S/C19H33NO/c1-4-17(2)19-12-10-18(11-13-19)9-7-5-6-8-14-20-15-16-21-3/h10-13,17,20H,4-9,14-16H2,1-3H3. The van der Waals surface area contributed by atoms with Crippen molar-refractivity contribution in [2.24, 2.45) is 0 Å². The number of nitrogens with one attached hydrogen (secondary N) is 1.